The maximum Gasteiger partial charge on any atom is 0.255 e. The van der Waals surface area contributed by atoms with Gasteiger partial charge in [0, 0.05) is 29.4 Å². The number of halogens is 1. The molecule has 0 aromatic heterocycles. The molecule has 0 radical (unpaired) electrons. The van der Waals surface area contributed by atoms with Gasteiger partial charge in [0.15, 0.2) is 0 Å². The van der Waals surface area contributed by atoms with Crippen molar-refractivity contribution >= 4 is 33.2 Å². The molecule has 3 aromatic carbocycles. The van der Waals surface area contributed by atoms with Crippen molar-refractivity contribution in [3.63, 3.8) is 0 Å². The van der Waals surface area contributed by atoms with Gasteiger partial charge in [0.25, 0.3) is 5.91 Å². The van der Waals surface area contributed by atoms with Crippen LogP contribution < -0.4 is 5.32 Å². The van der Waals surface area contributed by atoms with Crippen LogP contribution >= 0.6 is 11.6 Å². The van der Waals surface area contributed by atoms with E-state index in [0.29, 0.717) is 22.8 Å². The number of hydrogen-bond acceptors (Lipinski definition) is 3. The number of carbonyl (C=O) groups excluding carboxylic acids is 1. The highest BCUT2D eigenvalue weighted by molar-refractivity contribution is 7.89. The van der Waals surface area contributed by atoms with Gasteiger partial charge in [-0.25, -0.2) is 8.42 Å². The van der Waals surface area contributed by atoms with Crippen LogP contribution in [0, 0.1) is 0 Å². The topological polar surface area (TPSA) is 66.5 Å². The summed E-state index contributed by atoms with van der Waals surface area (Å²) in [7, 11) is -3.58. The third-order valence-corrected chi connectivity index (χ3v) is 6.60. The fraction of sp³-hybridized carbons (Fsp3) is 0.136. The minimum absolute atomic E-state index is 0.229. The Labute approximate surface area is 176 Å². The van der Waals surface area contributed by atoms with Gasteiger partial charge in [0.1, 0.15) is 0 Å². The Bertz CT molecular complexity index is 1070. The molecule has 0 bridgehead atoms. The first-order valence-corrected chi connectivity index (χ1v) is 10.9. The van der Waals surface area contributed by atoms with Crippen molar-refractivity contribution in [3.8, 4) is 0 Å². The molecule has 0 aliphatic carbocycles. The predicted molar refractivity (Wildman–Crippen MR) is 116 cm³/mol. The van der Waals surface area contributed by atoms with Crippen molar-refractivity contribution in [2.45, 2.75) is 18.4 Å². The Morgan fingerprint density at radius 2 is 1.55 bits per heavy atom. The summed E-state index contributed by atoms with van der Waals surface area (Å²) < 4.78 is 27.1. The van der Waals surface area contributed by atoms with Gasteiger partial charge in [0.05, 0.1) is 4.90 Å². The number of hydrogen-bond donors (Lipinski definition) is 1. The van der Waals surface area contributed by atoms with Gasteiger partial charge in [-0.15, -0.1) is 0 Å². The number of amides is 1. The van der Waals surface area contributed by atoms with Crippen molar-refractivity contribution in [1.29, 1.82) is 0 Å². The largest absolute Gasteiger partial charge is 0.322 e. The minimum atomic E-state index is -3.58. The van der Waals surface area contributed by atoms with Crippen molar-refractivity contribution in [2.24, 2.45) is 0 Å². The van der Waals surface area contributed by atoms with Crippen molar-refractivity contribution in [1.82, 2.24) is 4.31 Å². The van der Waals surface area contributed by atoms with Crippen LogP contribution in [0.2, 0.25) is 5.02 Å². The summed E-state index contributed by atoms with van der Waals surface area (Å²) in [5.74, 6) is -0.247. The van der Waals surface area contributed by atoms with E-state index in [0.717, 1.165) is 5.56 Å². The maximum absolute atomic E-state index is 12.8. The number of nitrogens with zero attached hydrogens (tertiary/aromatic N) is 1. The average Bonchev–Trinajstić information content (AvgIpc) is 2.74. The molecule has 1 amide bonds. The Hall–Kier alpha value is -2.67. The van der Waals surface area contributed by atoms with E-state index in [-0.39, 0.29) is 17.3 Å². The molecule has 0 aliphatic rings. The van der Waals surface area contributed by atoms with E-state index in [1.54, 1.807) is 85.8 Å². The highest BCUT2D eigenvalue weighted by atomic mass is 35.5. The molecule has 0 atom stereocenters. The number of anilines is 1. The predicted octanol–water partition coefficient (Wildman–Crippen LogP) is 4.80. The lowest BCUT2D eigenvalue weighted by atomic mass is 10.1. The molecule has 0 saturated carbocycles. The number of benzene rings is 3. The molecule has 7 heteroatoms. The van der Waals surface area contributed by atoms with Gasteiger partial charge >= 0.3 is 0 Å². The molecule has 5 nitrogen and oxygen atoms in total. The summed E-state index contributed by atoms with van der Waals surface area (Å²) in [6.45, 7) is 2.37. The molecule has 0 aliphatic heterocycles. The van der Waals surface area contributed by atoms with Gasteiger partial charge in [-0.2, -0.15) is 4.31 Å². The molecule has 150 valence electrons. The molecular formula is C22H21ClN2O3S. The average molecular weight is 429 g/mol. The minimum Gasteiger partial charge on any atom is -0.322 e. The van der Waals surface area contributed by atoms with Crippen LogP contribution in [0.25, 0.3) is 0 Å². The Kier molecular flexibility index (Phi) is 6.69. The van der Waals surface area contributed by atoms with Crippen molar-refractivity contribution < 1.29 is 13.2 Å². The molecule has 29 heavy (non-hydrogen) atoms. The highest BCUT2D eigenvalue weighted by Crippen LogP contribution is 2.19. The molecule has 3 rings (SSSR count). The van der Waals surface area contributed by atoms with Crippen LogP contribution in [0.4, 0.5) is 5.69 Å². The number of carbonyl (C=O) groups is 1. The molecule has 0 unspecified atom stereocenters. The summed E-state index contributed by atoms with van der Waals surface area (Å²) in [6, 6.07) is 22.1. The van der Waals surface area contributed by atoms with Gasteiger partial charge in [0.2, 0.25) is 10.0 Å². The fourth-order valence-electron chi connectivity index (χ4n) is 2.81. The molecule has 0 fully saturated rings. The summed E-state index contributed by atoms with van der Waals surface area (Å²) >= 11 is 5.85. The van der Waals surface area contributed by atoms with Crippen LogP contribution in [0.15, 0.2) is 83.8 Å². The number of rotatable bonds is 7. The Morgan fingerprint density at radius 1 is 0.931 bits per heavy atom. The molecule has 0 spiro atoms. The first-order chi connectivity index (χ1) is 13.9. The van der Waals surface area contributed by atoms with E-state index in [2.05, 4.69) is 5.32 Å². The molecular weight excluding hydrogens is 408 g/mol. The van der Waals surface area contributed by atoms with Gasteiger partial charge < -0.3 is 5.32 Å². The smallest absolute Gasteiger partial charge is 0.255 e. The van der Waals surface area contributed by atoms with Crippen LogP contribution in [-0.4, -0.2) is 25.2 Å². The highest BCUT2D eigenvalue weighted by Gasteiger charge is 2.22. The van der Waals surface area contributed by atoms with Crippen LogP contribution in [0.3, 0.4) is 0 Å². The molecule has 0 saturated heterocycles. The standard InChI is InChI=1S/C22H21ClN2O3S/c1-2-25(29(27,28)21-6-4-3-5-7-21)16-17-8-10-18(11-9-17)22(26)24-20-14-12-19(23)13-15-20/h3-15H,2,16H2,1H3,(H,24,26). The maximum atomic E-state index is 12.8. The van der Waals surface area contributed by atoms with Crippen molar-refractivity contribution in [2.75, 3.05) is 11.9 Å². The zero-order chi connectivity index (χ0) is 20.9. The normalized spacial score (nSPS) is 11.4. The SMILES string of the molecule is CCN(Cc1ccc(C(=O)Nc2ccc(Cl)cc2)cc1)S(=O)(=O)c1ccccc1. The summed E-state index contributed by atoms with van der Waals surface area (Å²) in [5, 5.41) is 3.39. The Morgan fingerprint density at radius 3 is 2.14 bits per heavy atom. The van der Waals surface area contributed by atoms with Gasteiger partial charge in [-0.3, -0.25) is 4.79 Å². The molecule has 0 heterocycles. The third kappa shape index (κ3) is 5.23. The van der Waals surface area contributed by atoms with E-state index < -0.39 is 10.0 Å². The van der Waals surface area contributed by atoms with E-state index >= 15 is 0 Å². The fourth-order valence-corrected chi connectivity index (χ4v) is 4.39. The van der Waals surface area contributed by atoms with Crippen molar-refractivity contribution in [3.05, 3.63) is 95.0 Å². The lowest BCUT2D eigenvalue weighted by Gasteiger charge is -2.20. The summed E-state index contributed by atoms with van der Waals surface area (Å²) in [4.78, 5) is 12.6. The zero-order valence-corrected chi connectivity index (χ0v) is 17.5. The van der Waals surface area contributed by atoms with E-state index in [1.165, 1.54) is 4.31 Å². The molecule has 1 N–H and O–H groups in total. The molecule has 3 aromatic rings. The van der Waals surface area contributed by atoms with Crippen LogP contribution in [0.1, 0.15) is 22.8 Å². The van der Waals surface area contributed by atoms with Gasteiger partial charge in [-0.05, 0) is 54.1 Å². The zero-order valence-electron chi connectivity index (χ0n) is 15.9. The monoisotopic (exact) mass is 428 g/mol. The second-order valence-corrected chi connectivity index (χ2v) is 8.78. The van der Waals surface area contributed by atoms with E-state index in [9.17, 15) is 13.2 Å². The summed E-state index contributed by atoms with van der Waals surface area (Å²) in [6.07, 6.45) is 0. The third-order valence-electron chi connectivity index (χ3n) is 4.41. The summed E-state index contributed by atoms with van der Waals surface area (Å²) in [5.41, 5.74) is 1.93. The second kappa shape index (κ2) is 9.22. The van der Waals surface area contributed by atoms with Crippen LogP contribution in [0.5, 0.6) is 0 Å². The number of sulfonamides is 1. The first kappa shape index (κ1) is 21.0. The lowest BCUT2D eigenvalue weighted by molar-refractivity contribution is 0.102. The Balaban J connectivity index is 1.70. The lowest BCUT2D eigenvalue weighted by Crippen LogP contribution is -2.30. The quantitative estimate of drug-likeness (QED) is 0.587. The first-order valence-electron chi connectivity index (χ1n) is 9.11. The van der Waals surface area contributed by atoms with E-state index in [4.69, 9.17) is 11.6 Å². The van der Waals surface area contributed by atoms with Gasteiger partial charge in [-0.1, -0.05) is 48.9 Å². The van der Waals surface area contributed by atoms with E-state index in [1.807, 2.05) is 0 Å². The number of nitrogens with one attached hydrogen (secondary N) is 1. The second-order valence-electron chi connectivity index (χ2n) is 6.40. The van der Waals surface area contributed by atoms with Crippen LogP contribution in [-0.2, 0) is 16.6 Å².